The molecule has 2 saturated heterocycles. The molecule has 3 saturated carbocycles. The van der Waals surface area contributed by atoms with Crippen LogP contribution in [0.3, 0.4) is 0 Å². The van der Waals surface area contributed by atoms with Crippen LogP contribution in [0.5, 0.6) is 0 Å². The summed E-state index contributed by atoms with van der Waals surface area (Å²) in [4.78, 5) is 15.9. The Balaban J connectivity index is 1.47. The van der Waals surface area contributed by atoms with Crippen LogP contribution in [-0.2, 0) is 4.79 Å². The zero-order valence-electron chi connectivity index (χ0n) is 19.3. The van der Waals surface area contributed by atoms with E-state index < -0.39 is 5.92 Å². The van der Waals surface area contributed by atoms with E-state index in [1.165, 1.54) is 6.07 Å². The average Bonchev–Trinajstić information content (AvgIpc) is 3.61. The summed E-state index contributed by atoms with van der Waals surface area (Å²) in [6.45, 7) is 4.08. The maximum Gasteiger partial charge on any atom is 0.231 e. The third-order valence-electron chi connectivity index (χ3n) is 8.60. The number of nitrogens with zero attached hydrogens (tertiary/aromatic N) is 2. The highest BCUT2D eigenvalue weighted by atomic mass is 19.1. The Morgan fingerprint density at radius 2 is 2.00 bits per heavy atom. The van der Waals surface area contributed by atoms with Gasteiger partial charge in [0.2, 0.25) is 5.91 Å². The normalized spacial score (nSPS) is 34.0. The number of nitriles is 1. The average molecular weight is 437 g/mol. The van der Waals surface area contributed by atoms with E-state index >= 15 is 0 Å². The van der Waals surface area contributed by atoms with Crippen molar-refractivity contribution in [3.05, 3.63) is 29.1 Å². The second kappa shape index (κ2) is 7.30. The summed E-state index contributed by atoms with van der Waals surface area (Å²) in [6, 6.07) is 5.97. The molecule has 6 rings (SSSR count). The molecule has 5 fully saturated rings. The van der Waals surface area contributed by atoms with Crippen molar-refractivity contribution in [2.45, 2.75) is 83.2 Å². The third-order valence-corrected chi connectivity index (χ3v) is 8.60. The number of amides is 1. The lowest BCUT2D eigenvalue weighted by Crippen LogP contribution is -2.58. The van der Waals surface area contributed by atoms with Gasteiger partial charge < -0.3 is 15.6 Å². The number of rotatable bonds is 5. The number of halogens is 1. The Morgan fingerprint density at radius 1 is 1.28 bits per heavy atom. The molecule has 5 unspecified atom stereocenters. The lowest BCUT2D eigenvalue weighted by Gasteiger charge is -2.54. The van der Waals surface area contributed by atoms with Gasteiger partial charge in [-0.3, -0.25) is 4.79 Å². The van der Waals surface area contributed by atoms with Crippen LogP contribution in [0.1, 0.15) is 82.3 Å². The van der Waals surface area contributed by atoms with Crippen molar-refractivity contribution < 1.29 is 9.18 Å². The fourth-order valence-corrected chi connectivity index (χ4v) is 7.17. The fraction of sp³-hybridized carbons (Fsp3) is 0.654. The van der Waals surface area contributed by atoms with Crippen LogP contribution < -0.4 is 5.32 Å². The van der Waals surface area contributed by atoms with Crippen molar-refractivity contribution >= 4 is 17.3 Å². The van der Waals surface area contributed by atoms with E-state index in [1.54, 1.807) is 20.0 Å². The van der Waals surface area contributed by atoms with Crippen LogP contribution >= 0.6 is 0 Å². The molecule has 170 valence electrons. The van der Waals surface area contributed by atoms with Gasteiger partial charge in [0.25, 0.3) is 0 Å². The van der Waals surface area contributed by atoms with E-state index in [0.29, 0.717) is 16.8 Å². The minimum Gasteiger partial charge on any atom is -0.388 e. The van der Waals surface area contributed by atoms with Crippen LogP contribution in [0.4, 0.5) is 10.1 Å². The van der Waals surface area contributed by atoms with Gasteiger partial charge in [0.05, 0.1) is 23.1 Å². The minimum absolute atomic E-state index is 0.0317. The summed E-state index contributed by atoms with van der Waals surface area (Å²) in [6.07, 6.45) is 7.14. The molecule has 2 aliphatic heterocycles. The number of hydrogen-bond acceptors (Lipinski definition) is 4. The summed E-state index contributed by atoms with van der Waals surface area (Å²) in [5, 5.41) is 22.1. The molecule has 5 nitrogen and oxygen atoms in total. The molecule has 0 radical (unpaired) electrons. The summed E-state index contributed by atoms with van der Waals surface area (Å²) >= 11 is 0. The predicted octanol–water partition coefficient (Wildman–Crippen LogP) is 5.21. The van der Waals surface area contributed by atoms with Crippen molar-refractivity contribution in [1.29, 1.82) is 10.7 Å². The van der Waals surface area contributed by atoms with E-state index in [2.05, 4.69) is 18.3 Å². The minimum atomic E-state index is -0.648. The number of fused-ring (bicyclic) bond motifs is 1. The Bertz CT molecular complexity index is 1030. The Morgan fingerprint density at radius 3 is 2.66 bits per heavy atom. The highest BCUT2D eigenvalue weighted by molar-refractivity contribution is 6.14. The Hall–Kier alpha value is -2.42. The standard InChI is InChI=1S/C26H33FN4O/c1-15(23(29)22-20(30-3)7-6-19(27)21(22)16-4-5-16)24(32)31-17-8-9-26(14-28)12-18(31)11-25(2,10-17)13-26/h6-7,15-18,29-30H,4-5,8-13H2,1-3H3. The highest BCUT2D eigenvalue weighted by Crippen LogP contribution is 2.59. The molecule has 6 heteroatoms. The van der Waals surface area contributed by atoms with Crippen LogP contribution in [0, 0.1) is 39.3 Å². The highest BCUT2D eigenvalue weighted by Gasteiger charge is 2.57. The van der Waals surface area contributed by atoms with Crippen LogP contribution in [0.15, 0.2) is 12.1 Å². The van der Waals surface area contributed by atoms with E-state index in [-0.39, 0.29) is 46.3 Å². The first-order valence-corrected chi connectivity index (χ1v) is 12.0. The van der Waals surface area contributed by atoms with Gasteiger partial charge in [-0.1, -0.05) is 6.92 Å². The van der Waals surface area contributed by atoms with Crippen LogP contribution in [0.25, 0.3) is 0 Å². The SMILES string of the molecule is CNc1ccc(F)c(C2CC2)c1C(=N)C(C)C(=O)N1C2CCC3(C#N)CC1CC(C)(C2)C3. The largest absolute Gasteiger partial charge is 0.388 e. The molecule has 32 heavy (non-hydrogen) atoms. The maximum atomic E-state index is 14.8. The summed E-state index contributed by atoms with van der Waals surface area (Å²) < 4.78 is 14.8. The summed E-state index contributed by atoms with van der Waals surface area (Å²) in [7, 11) is 1.78. The second-order valence-corrected chi connectivity index (χ2v) is 11.1. The molecule has 5 atom stereocenters. The van der Waals surface area contributed by atoms with Crippen molar-refractivity contribution in [2.75, 3.05) is 12.4 Å². The van der Waals surface area contributed by atoms with Gasteiger partial charge in [-0.15, -0.1) is 0 Å². The summed E-state index contributed by atoms with van der Waals surface area (Å²) in [5.74, 6) is -0.817. The molecule has 1 aromatic rings. The van der Waals surface area contributed by atoms with Gasteiger partial charge in [-0.2, -0.15) is 5.26 Å². The van der Waals surface area contributed by atoms with Gasteiger partial charge >= 0.3 is 0 Å². The zero-order chi connectivity index (χ0) is 22.8. The molecule has 2 heterocycles. The van der Waals surface area contributed by atoms with Gasteiger partial charge in [0, 0.05) is 35.9 Å². The molecule has 2 N–H and O–H groups in total. The van der Waals surface area contributed by atoms with Crippen molar-refractivity contribution in [3.63, 3.8) is 0 Å². The van der Waals surface area contributed by atoms with E-state index in [0.717, 1.165) is 51.4 Å². The van der Waals surface area contributed by atoms with Crippen LogP contribution in [0.2, 0.25) is 0 Å². The Labute approximate surface area is 189 Å². The molecule has 0 aromatic heterocycles. The van der Waals surface area contributed by atoms with Crippen molar-refractivity contribution in [2.24, 2.45) is 16.7 Å². The molecule has 4 bridgehead atoms. The number of carbonyl (C=O) groups is 1. The number of nitrogens with one attached hydrogen (secondary N) is 2. The number of anilines is 1. The maximum absolute atomic E-state index is 14.8. The Kier molecular flexibility index (Phi) is 4.89. The van der Waals surface area contributed by atoms with Gasteiger partial charge in [-0.05, 0) is 81.8 Å². The molecular formula is C26H33FN4O. The first kappa shape index (κ1) is 21.4. The third kappa shape index (κ3) is 3.24. The number of hydrogen-bond donors (Lipinski definition) is 2. The van der Waals surface area contributed by atoms with Gasteiger partial charge in [0.15, 0.2) is 0 Å². The van der Waals surface area contributed by atoms with E-state index in [4.69, 9.17) is 5.41 Å². The molecule has 0 spiro atoms. The number of piperidine rings is 1. The zero-order valence-corrected chi connectivity index (χ0v) is 19.3. The summed E-state index contributed by atoms with van der Waals surface area (Å²) in [5.41, 5.74) is 1.88. The lowest BCUT2D eigenvalue weighted by molar-refractivity contribution is -0.146. The molecular weight excluding hydrogens is 403 g/mol. The topological polar surface area (TPSA) is 80.0 Å². The van der Waals surface area contributed by atoms with Gasteiger partial charge in [0.1, 0.15) is 5.82 Å². The van der Waals surface area contributed by atoms with Gasteiger partial charge in [-0.25, -0.2) is 4.39 Å². The molecule has 1 aromatic carbocycles. The molecule has 3 aliphatic carbocycles. The quantitative estimate of drug-likeness (QED) is 0.622. The fourth-order valence-electron chi connectivity index (χ4n) is 7.17. The first-order valence-electron chi connectivity index (χ1n) is 12.0. The molecule has 1 amide bonds. The van der Waals surface area contributed by atoms with E-state index in [9.17, 15) is 14.4 Å². The predicted molar refractivity (Wildman–Crippen MR) is 122 cm³/mol. The smallest absolute Gasteiger partial charge is 0.231 e. The lowest BCUT2D eigenvalue weighted by atomic mass is 9.59. The van der Waals surface area contributed by atoms with Crippen molar-refractivity contribution in [1.82, 2.24) is 4.90 Å². The molecule has 5 aliphatic rings. The number of benzene rings is 1. The van der Waals surface area contributed by atoms with E-state index in [1.807, 2.05) is 4.90 Å². The monoisotopic (exact) mass is 436 g/mol. The second-order valence-electron chi connectivity index (χ2n) is 11.1. The number of carbonyl (C=O) groups excluding carboxylic acids is 1. The first-order chi connectivity index (χ1) is 15.2. The van der Waals surface area contributed by atoms with Crippen molar-refractivity contribution in [3.8, 4) is 6.07 Å². The van der Waals surface area contributed by atoms with Crippen LogP contribution in [-0.4, -0.2) is 35.7 Å².